The molecule has 3 unspecified atom stereocenters. The number of amides is 1. The zero-order valence-electron chi connectivity index (χ0n) is 14.6. The number of carbonyl (C=O) groups excluding carboxylic acids is 1. The van der Waals surface area contributed by atoms with Gasteiger partial charge in [-0.3, -0.25) is 9.48 Å². The smallest absolute Gasteiger partial charge is 0.236 e. The summed E-state index contributed by atoms with van der Waals surface area (Å²) in [4.78, 5) is 12.2. The van der Waals surface area contributed by atoms with E-state index in [-0.39, 0.29) is 24.0 Å². The molecule has 2 rings (SSSR count). The molecule has 1 amide bonds. The van der Waals surface area contributed by atoms with E-state index in [1.54, 1.807) is 6.20 Å². The Kier molecular flexibility index (Phi) is 6.84. The third-order valence-electron chi connectivity index (χ3n) is 4.70. The van der Waals surface area contributed by atoms with E-state index < -0.39 is 0 Å². The van der Waals surface area contributed by atoms with Gasteiger partial charge >= 0.3 is 0 Å². The van der Waals surface area contributed by atoms with Crippen molar-refractivity contribution in [2.24, 2.45) is 0 Å². The predicted molar refractivity (Wildman–Crippen MR) is 93.2 cm³/mol. The Bertz CT molecular complexity index is 509. The first kappa shape index (κ1) is 17.7. The summed E-state index contributed by atoms with van der Waals surface area (Å²) in [6, 6.07) is 2.08. The summed E-state index contributed by atoms with van der Waals surface area (Å²) in [7, 11) is 0. The number of nitrogens with zero attached hydrogens (tertiary/aromatic N) is 2. The van der Waals surface area contributed by atoms with E-state index in [1.165, 1.54) is 31.3 Å². The zero-order chi connectivity index (χ0) is 16.7. The second kappa shape index (κ2) is 8.87. The van der Waals surface area contributed by atoms with Gasteiger partial charge in [0.25, 0.3) is 0 Å². The topological polar surface area (TPSA) is 59.0 Å². The van der Waals surface area contributed by atoms with Crippen molar-refractivity contribution in [2.45, 2.75) is 71.0 Å². The first-order valence-corrected chi connectivity index (χ1v) is 8.78. The van der Waals surface area contributed by atoms with E-state index in [1.807, 2.05) is 23.9 Å². The Morgan fingerprint density at radius 1 is 1.35 bits per heavy atom. The molecule has 3 atom stereocenters. The summed E-state index contributed by atoms with van der Waals surface area (Å²) in [6.07, 6.45) is 12.0. The molecule has 1 aliphatic carbocycles. The number of carbonyl (C=O) groups is 1. The average molecular weight is 318 g/mol. The molecule has 128 valence electrons. The number of aromatic nitrogens is 2. The largest absolute Gasteiger partial charge is 0.354 e. The van der Waals surface area contributed by atoms with E-state index >= 15 is 0 Å². The van der Waals surface area contributed by atoms with Gasteiger partial charge in [-0.2, -0.15) is 5.10 Å². The molecule has 0 fully saturated rings. The molecule has 5 nitrogen and oxygen atoms in total. The van der Waals surface area contributed by atoms with Crippen LogP contribution in [-0.2, 0) is 4.79 Å². The van der Waals surface area contributed by atoms with Crippen LogP contribution in [0.25, 0.3) is 0 Å². The van der Waals surface area contributed by atoms with Crippen LogP contribution >= 0.6 is 0 Å². The normalized spacial score (nSPS) is 18.8. The quantitative estimate of drug-likeness (QED) is 0.725. The lowest BCUT2D eigenvalue weighted by molar-refractivity contribution is -0.122. The van der Waals surface area contributed by atoms with Crippen molar-refractivity contribution in [1.82, 2.24) is 20.4 Å². The number of hydrogen-bond donors (Lipinski definition) is 2. The van der Waals surface area contributed by atoms with Crippen LogP contribution < -0.4 is 10.6 Å². The Morgan fingerprint density at radius 2 is 2.17 bits per heavy atom. The number of hydrogen-bond acceptors (Lipinski definition) is 3. The summed E-state index contributed by atoms with van der Waals surface area (Å²) in [5, 5.41) is 10.7. The minimum Gasteiger partial charge on any atom is -0.354 e. The molecule has 0 aliphatic heterocycles. The molecule has 1 aromatic heterocycles. The van der Waals surface area contributed by atoms with Crippen molar-refractivity contribution in [3.63, 3.8) is 0 Å². The summed E-state index contributed by atoms with van der Waals surface area (Å²) < 4.78 is 1.91. The van der Waals surface area contributed by atoms with Gasteiger partial charge in [-0.25, -0.2) is 0 Å². The molecule has 1 aliphatic rings. The van der Waals surface area contributed by atoms with Crippen LogP contribution in [0, 0.1) is 0 Å². The molecule has 1 heterocycles. The van der Waals surface area contributed by atoms with Gasteiger partial charge in [0.05, 0.1) is 12.1 Å². The van der Waals surface area contributed by atoms with Gasteiger partial charge in [0.15, 0.2) is 0 Å². The molecule has 0 bridgehead atoms. The lowest BCUT2D eigenvalue weighted by Crippen LogP contribution is -2.48. The van der Waals surface area contributed by atoms with Crippen molar-refractivity contribution >= 4 is 5.91 Å². The lowest BCUT2D eigenvalue weighted by Gasteiger charge is -2.25. The molecule has 0 aromatic carbocycles. The highest BCUT2D eigenvalue weighted by molar-refractivity contribution is 5.81. The molecule has 1 aromatic rings. The van der Waals surface area contributed by atoms with Crippen molar-refractivity contribution in [3.8, 4) is 0 Å². The Morgan fingerprint density at radius 3 is 2.83 bits per heavy atom. The van der Waals surface area contributed by atoms with Crippen LogP contribution in [-0.4, -0.2) is 34.3 Å². The highest BCUT2D eigenvalue weighted by atomic mass is 16.2. The fourth-order valence-electron chi connectivity index (χ4n) is 2.99. The average Bonchev–Trinajstić information content (AvgIpc) is 3.09. The molecular weight excluding hydrogens is 288 g/mol. The van der Waals surface area contributed by atoms with Crippen molar-refractivity contribution in [3.05, 3.63) is 30.1 Å². The van der Waals surface area contributed by atoms with Crippen LogP contribution in [0.15, 0.2) is 30.1 Å². The van der Waals surface area contributed by atoms with Gasteiger partial charge in [-0.1, -0.05) is 11.6 Å². The van der Waals surface area contributed by atoms with Crippen molar-refractivity contribution in [1.29, 1.82) is 0 Å². The highest BCUT2D eigenvalue weighted by Gasteiger charge is 2.20. The Labute approximate surface area is 139 Å². The standard InChI is InChI=1S/C18H30N4O/c1-14(16(3)22-13-7-11-20-22)21-15(2)18(23)19-12-10-17-8-5-4-6-9-17/h7-8,11,13-16,21H,4-6,9-10,12H2,1-3H3,(H,19,23). The summed E-state index contributed by atoms with van der Waals surface area (Å²) >= 11 is 0. The van der Waals surface area contributed by atoms with Gasteiger partial charge < -0.3 is 10.6 Å². The minimum absolute atomic E-state index is 0.0703. The summed E-state index contributed by atoms with van der Waals surface area (Å²) in [5.74, 6) is 0.0703. The van der Waals surface area contributed by atoms with Gasteiger partial charge in [0.2, 0.25) is 5.91 Å². The molecule has 0 spiro atoms. The molecule has 0 saturated heterocycles. The van der Waals surface area contributed by atoms with Gasteiger partial charge in [0.1, 0.15) is 0 Å². The third-order valence-corrected chi connectivity index (χ3v) is 4.70. The fourth-order valence-corrected chi connectivity index (χ4v) is 2.99. The SMILES string of the molecule is CC(NC(C)C(C)n1cccn1)C(=O)NCCC1=CCCCC1. The first-order valence-electron chi connectivity index (χ1n) is 8.78. The predicted octanol–water partition coefficient (Wildman–Crippen LogP) is 2.82. The Balaban J connectivity index is 1.70. The maximum atomic E-state index is 12.2. The number of rotatable bonds is 8. The van der Waals surface area contributed by atoms with Crippen molar-refractivity contribution < 1.29 is 4.79 Å². The van der Waals surface area contributed by atoms with E-state index in [0.29, 0.717) is 0 Å². The van der Waals surface area contributed by atoms with Gasteiger partial charge in [0, 0.05) is 25.0 Å². The van der Waals surface area contributed by atoms with Gasteiger partial charge in [-0.15, -0.1) is 0 Å². The van der Waals surface area contributed by atoms with E-state index in [4.69, 9.17) is 0 Å². The summed E-state index contributed by atoms with van der Waals surface area (Å²) in [5.41, 5.74) is 1.50. The minimum atomic E-state index is -0.205. The second-order valence-electron chi connectivity index (χ2n) is 6.55. The first-order chi connectivity index (χ1) is 11.1. The zero-order valence-corrected chi connectivity index (χ0v) is 14.6. The molecule has 23 heavy (non-hydrogen) atoms. The lowest BCUT2D eigenvalue weighted by atomic mass is 9.97. The second-order valence-corrected chi connectivity index (χ2v) is 6.55. The summed E-state index contributed by atoms with van der Waals surface area (Å²) in [6.45, 7) is 6.84. The van der Waals surface area contributed by atoms with Crippen molar-refractivity contribution in [2.75, 3.05) is 6.54 Å². The van der Waals surface area contributed by atoms with Gasteiger partial charge in [-0.05, 0) is 58.9 Å². The maximum Gasteiger partial charge on any atom is 0.236 e. The van der Waals surface area contributed by atoms with E-state index in [2.05, 4.69) is 35.7 Å². The Hall–Kier alpha value is -1.62. The molecule has 2 N–H and O–H groups in total. The molecule has 0 saturated carbocycles. The highest BCUT2D eigenvalue weighted by Crippen LogP contribution is 2.19. The molecule has 0 radical (unpaired) electrons. The number of nitrogens with one attached hydrogen (secondary N) is 2. The fraction of sp³-hybridized carbons (Fsp3) is 0.667. The van der Waals surface area contributed by atoms with Crippen LogP contribution in [0.1, 0.15) is 58.9 Å². The van der Waals surface area contributed by atoms with Crippen LogP contribution in [0.5, 0.6) is 0 Å². The van der Waals surface area contributed by atoms with Crippen LogP contribution in [0.3, 0.4) is 0 Å². The van der Waals surface area contributed by atoms with E-state index in [9.17, 15) is 4.79 Å². The molecular formula is C18H30N4O. The molecule has 5 heteroatoms. The monoisotopic (exact) mass is 318 g/mol. The third kappa shape index (κ3) is 5.50. The van der Waals surface area contributed by atoms with Crippen LogP contribution in [0.2, 0.25) is 0 Å². The maximum absolute atomic E-state index is 12.2. The van der Waals surface area contributed by atoms with E-state index in [0.717, 1.165) is 13.0 Å². The number of allylic oxidation sites excluding steroid dienone is 1. The van der Waals surface area contributed by atoms with Crippen LogP contribution in [0.4, 0.5) is 0 Å².